The summed E-state index contributed by atoms with van der Waals surface area (Å²) in [6.45, 7) is 3.97. The smallest absolute Gasteiger partial charge is 0.310 e. The van der Waals surface area contributed by atoms with Gasteiger partial charge in [-0.2, -0.15) is 0 Å². The number of amides is 1. The molecule has 1 aromatic rings. The number of nitrogens with zero attached hydrogens (tertiary/aromatic N) is 1. The number of rotatable bonds is 6. The van der Waals surface area contributed by atoms with E-state index in [-0.39, 0.29) is 17.5 Å². The van der Waals surface area contributed by atoms with Crippen molar-refractivity contribution in [1.82, 2.24) is 5.32 Å². The molecule has 1 unspecified atom stereocenters. The maximum absolute atomic E-state index is 11.9. The van der Waals surface area contributed by atoms with Crippen LogP contribution in [0.1, 0.15) is 43.5 Å². The van der Waals surface area contributed by atoms with Gasteiger partial charge in [0.2, 0.25) is 0 Å². The molecule has 0 aliphatic heterocycles. The molecule has 1 atom stereocenters. The van der Waals surface area contributed by atoms with Gasteiger partial charge in [-0.3, -0.25) is 14.9 Å². The lowest BCUT2D eigenvalue weighted by atomic mass is 10.1. The van der Waals surface area contributed by atoms with Crippen LogP contribution in [0.25, 0.3) is 0 Å². The van der Waals surface area contributed by atoms with E-state index in [2.05, 4.69) is 12.2 Å². The second kappa shape index (κ2) is 6.72. The van der Waals surface area contributed by atoms with Crippen molar-refractivity contribution in [1.29, 1.82) is 0 Å². The van der Waals surface area contributed by atoms with E-state index in [0.717, 1.165) is 31.4 Å². The van der Waals surface area contributed by atoms with Crippen LogP contribution < -0.4 is 5.32 Å². The fourth-order valence-electron chi connectivity index (χ4n) is 1.71. The molecule has 2 N–H and O–H groups in total. The van der Waals surface area contributed by atoms with Gasteiger partial charge >= 0.3 is 5.69 Å². The Morgan fingerprint density at radius 2 is 2.21 bits per heavy atom. The number of benzene rings is 1. The Labute approximate surface area is 111 Å². The third-order valence-corrected chi connectivity index (χ3v) is 2.80. The number of nitro groups is 1. The molecule has 0 saturated heterocycles. The monoisotopic (exact) mass is 266 g/mol. The zero-order chi connectivity index (χ0) is 14.4. The van der Waals surface area contributed by atoms with Crippen LogP contribution in [-0.4, -0.2) is 22.0 Å². The first-order valence-electron chi connectivity index (χ1n) is 6.24. The third kappa shape index (κ3) is 4.24. The summed E-state index contributed by atoms with van der Waals surface area (Å²) in [5, 5.41) is 22.8. The number of unbranched alkanes of at least 4 members (excludes halogenated alkanes) is 1. The van der Waals surface area contributed by atoms with E-state index in [1.54, 1.807) is 0 Å². The van der Waals surface area contributed by atoms with Crippen molar-refractivity contribution in [3.05, 3.63) is 33.9 Å². The molecular formula is C13H18N2O4. The van der Waals surface area contributed by atoms with Gasteiger partial charge < -0.3 is 10.4 Å². The Balaban J connectivity index is 2.72. The summed E-state index contributed by atoms with van der Waals surface area (Å²) < 4.78 is 0. The Bertz CT molecular complexity index is 474. The number of carbonyl (C=O) groups is 1. The highest BCUT2D eigenvalue weighted by molar-refractivity contribution is 5.95. The van der Waals surface area contributed by atoms with E-state index in [1.165, 1.54) is 6.07 Å². The molecule has 0 heterocycles. The predicted molar refractivity (Wildman–Crippen MR) is 71.2 cm³/mol. The maximum Gasteiger partial charge on any atom is 0.310 e. The number of nitro benzene ring substituents is 1. The molecule has 0 bridgehead atoms. The molecule has 104 valence electrons. The second-order valence-electron chi connectivity index (χ2n) is 4.48. The molecule has 6 nitrogen and oxygen atoms in total. The first-order chi connectivity index (χ1) is 8.95. The van der Waals surface area contributed by atoms with Crippen LogP contribution in [0.4, 0.5) is 5.69 Å². The fraction of sp³-hybridized carbons (Fsp3) is 0.462. The van der Waals surface area contributed by atoms with Crippen LogP contribution in [0.2, 0.25) is 0 Å². The van der Waals surface area contributed by atoms with Gasteiger partial charge in [0.15, 0.2) is 5.75 Å². The molecule has 0 aromatic heterocycles. The molecule has 1 rings (SSSR count). The largest absolute Gasteiger partial charge is 0.502 e. The molecule has 1 aromatic carbocycles. The first kappa shape index (κ1) is 14.9. The highest BCUT2D eigenvalue weighted by Gasteiger charge is 2.16. The SMILES string of the molecule is CCCCC(C)NC(=O)c1ccc([N+](=O)[O-])c(O)c1. The van der Waals surface area contributed by atoms with Gasteiger partial charge in [-0.1, -0.05) is 19.8 Å². The van der Waals surface area contributed by atoms with Crippen molar-refractivity contribution in [2.24, 2.45) is 0 Å². The summed E-state index contributed by atoms with van der Waals surface area (Å²) >= 11 is 0. The van der Waals surface area contributed by atoms with Crippen LogP contribution >= 0.6 is 0 Å². The molecule has 0 radical (unpaired) electrons. The quantitative estimate of drug-likeness (QED) is 0.611. The number of nitrogens with one attached hydrogen (secondary N) is 1. The van der Waals surface area contributed by atoms with Gasteiger partial charge in [-0.05, 0) is 25.5 Å². The van der Waals surface area contributed by atoms with Crippen LogP contribution in [0.15, 0.2) is 18.2 Å². The fourth-order valence-corrected chi connectivity index (χ4v) is 1.71. The highest BCUT2D eigenvalue weighted by atomic mass is 16.6. The van der Waals surface area contributed by atoms with Crippen molar-refractivity contribution < 1.29 is 14.8 Å². The molecule has 19 heavy (non-hydrogen) atoms. The maximum atomic E-state index is 11.9. The molecule has 0 aliphatic rings. The van der Waals surface area contributed by atoms with Gasteiger partial charge in [-0.25, -0.2) is 0 Å². The standard InChI is InChI=1S/C13H18N2O4/c1-3-4-5-9(2)14-13(17)10-6-7-11(15(18)19)12(16)8-10/h6-9,16H,3-5H2,1-2H3,(H,14,17). The van der Waals surface area contributed by atoms with Gasteiger partial charge in [0.25, 0.3) is 5.91 Å². The Kier molecular flexibility index (Phi) is 5.29. The summed E-state index contributed by atoms with van der Waals surface area (Å²) in [5.41, 5.74) is -0.193. The average Bonchev–Trinajstić information content (AvgIpc) is 2.35. The number of phenols is 1. The zero-order valence-corrected chi connectivity index (χ0v) is 11.0. The van der Waals surface area contributed by atoms with Crippen LogP contribution in [0.5, 0.6) is 5.75 Å². The second-order valence-corrected chi connectivity index (χ2v) is 4.48. The highest BCUT2D eigenvalue weighted by Crippen LogP contribution is 2.26. The number of carbonyl (C=O) groups excluding carboxylic acids is 1. The number of hydrogen-bond acceptors (Lipinski definition) is 4. The van der Waals surface area contributed by atoms with Gasteiger partial charge in [0, 0.05) is 17.7 Å². The molecule has 1 amide bonds. The van der Waals surface area contributed by atoms with Crippen molar-refractivity contribution in [2.75, 3.05) is 0 Å². The Morgan fingerprint density at radius 1 is 1.53 bits per heavy atom. The predicted octanol–water partition coefficient (Wildman–Crippen LogP) is 2.61. The topological polar surface area (TPSA) is 92.5 Å². The summed E-state index contributed by atoms with van der Waals surface area (Å²) in [6.07, 6.45) is 2.95. The number of aromatic hydroxyl groups is 1. The molecular weight excluding hydrogens is 248 g/mol. The van der Waals surface area contributed by atoms with E-state index in [1.807, 2.05) is 6.92 Å². The molecule has 0 spiro atoms. The minimum absolute atomic E-state index is 0.0322. The van der Waals surface area contributed by atoms with Crippen molar-refractivity contribution >= 4 is 11.6 Å². The van der Waals surface area contributed by atoms with E-state index in [4.69, 9.17) is 0 Å². The minimum atomic E-state index is -0.694. The van der Waals surface area contributed by atoms with Crippen molar-refractivity contribution in [3.63, 3.8) is 0 Å². The summed E-state index contributed by atoms with van der Waals surface area (Å²) in [4.78, 5) is 21.7. The van der Waals surface area contributed by atoms with Crippen LogP contribution in [0.3, 0.4) is 0 Å². The molecule has 0 fully saturated rings. The lowest BCUT2D eigenvalue weighted by Crippen LogP contribution is -2.32. The lowest BCUT2D eigenvalue weighted by Gasteiger charge is -2.13. The van der Waals surface area contributed by atoms with E-state index in [0.29, 0.717) is 0 Å². The third-order valence-electron chi connectivity index (χ3n) is 2.80. The zero-order valence-electron chi connectivity index (χ0n) is 11.0. The van der Waals surface area contributed by atoms with Crippen molar-refractivity contribution in [3.8, 4) is 5.75 Å². The van der Waals surface area contributed by atoms with Crippen LogP contribution in [0, 0.1) is 10.1 Å². The number of hydrogen-bond donors (Lipinski definition) is 2. The number of phenolic OH excluding ortho intramolecular Hbond substituents is 1. The summed E-state index contributed by atoms with van der Waals surface area (Å²) in [7, 11) is 0. The van der Waals surface area contributed by atoms with Gasteiger partial charge in [-0.15, -0.1) is 0 Å². The molecule has 0 saturated carbocycles. The average molecular weight is 266 g/mol. The van der Waals surface area contributed by atoms with Crippen LogP contribution in [-0.2, 0) is 0 Å². The Hall–Kier alpha value is -2.11. The van der Waals surface area contributed by atoms with E-state index < -0.39 is 16.4 Å². The van der Waals surface area contributed by atoms with Crippen molar-refractivity contribution in [2.45, 2.75) is 39.2 Å². The normalized spacial score (nSPS) is 11.9. The van der Waals surface area contributed by atoms with E-state index in [9.17, 15) is 20.0 Å². The Morgan fingerprint density at radius 3 is 2.74 bits per heavy atom. The molecule has 6 heteroatoms. The van der Waals surface area contributed by atoms with Gasteiger partial charge in [0.05, 0.1) is 4.92 Å². The first-order valence-corrected chi connectivity index (χ1v) is 6.24. The van der Waals surface area contributed by atoms with Gasteiger partial charge in [0.1, 0.15) is 0 Å². The lowest BCUT2D eigenvalue weighted by molar-refractivity contribution is -0.385. The molecule has 0 aliphatic carbocycles. The van der Waals surface area contributed by atoms with E-state index >= 15 is 0 Å². The minimum Gasteiger partial charge on any atom is -0.502 e. The summed E-state index contributed by atoms with van der Waals surface area (Å²) in [6, 6.07) is 3.60. The summed E-state index contributed by atoms with van der Waals surface area (Å²) in [5.74, 6) is -0.840.